The van der Waals surface area contributed by atoms with E-state index in [1.54, 1.807) is 7.11 Å². The van der Waals surface area contributed by atoms with Crippen molar-refractivity contribution in [2.45, 2.75) is 20.1 Å². The van der Waals surface area contributed by atoms with Crippen molar-refractivity contribution in [3.8, 4) is 5.75 Å². The molecule has 2 aromatic rings. The Bertz CT molecular complexity index is 525. The van der Waals surface area contributed by atoms with E-state index in [1.165, 1.54) is 9.75 Å². The molecule has 0 fully saturated rings. The van der Waals surface area contributed by atoms with Crippen molar-refractivity contribution in [3.63, 3.8) is 0 Å². The maximum absolute atomic E-state index is 5.65. The lowest BCUT2D eigenvalue weighted by Crippen LogP contribution is -2.18. The summed E-state index contributed by atoms with van der Waals surface area (Å²) in [6.07, 6.45) is 0. The van der Waals surface area contributed by atoms with E-state index in [-0.39, 0.29) is 0 Å². The molecule has 0 amide bonds. The Morgan fingerprint density at radius 2 is 2.10 bits per heavy atom. The molecule has 1 aromatic carbocycles. The van der Waals surface area contributed by atoms with Gasteiger partial charge in [0.05, 0.1) is 20.3 Å². The third kappa shape index (κ3) is 4.96. The number of aryl methyl sites for hydroxylation is 1. The Balaban J connectivity index is 1.59. The molecule has 0 aliphatic rings. The van der Waals surface area contributed by atoms with Gasteiger partial charge in [-0.2, -0.15) is 0 Å². The highest BCUT2D eigenvalue weighted by Gasteiger charge is 1.98. The first kappa shape index (κ1) is 15.0. The van der Waals surface area contributed by atoms with Gasteiger partial charge in [-0.25, -0.2) is 0 Å². The van der Waals surface area contributed by atoms with Crippen molar-refractivity contribution < 1.29 is 9.47 Å². The van der Waals surface area contributed by atoms with Gasteiger partial charge in [0.15, 0.2) is 0 Å². The van der Waals surface area contributed by atoms with E-state index >= 15 is 0 Å². The number of nitrogens with one attached hydrogen (secondary N) is 1. The van der Waals surface area contributed by atoms with Gasteiger partial charge in [-0.05, 0) is 36.8 Å². The lowest BCUT2D eigenvalue weighted by Gasteiger charge is -2.07. The van der Waals surface area contributed by atoms with Crippen molar-refractivity contribution >= 4 is 11.3 Å². The van der Waals surface area contributed by atoms with Gasteiger partial charge in [-0.15, -0.1) is 11.3 Å². The smallest absolute Gasteiger partial charge is 0.119 e. The predicted octanol–water partition coefficient (Wildman–Crippen LogP) is 3.37. The Morgan fingerprint density at radius 3 is 2.85 bits per heavy atom. The molecule has 0 atom stereocenters. The summed E-state index contributed by atoms with van der Waals surface area (Å²) in [5.41, 5.74) is 1.14. The van der Waals surface area contributed by atoms with Crippen molar-refractivity contribution in [2.24, 2.45) is 0 Å². The average molecular weight is 291 g/mol. The normalized spacial score (nSPS) is 10.7. The van der Waals surface area contributed by atoms with E-state index in [2.05, 4.69) is 24.4 Å². The molecule has 1 aromatic heterocycles. The van der Waals surface area contributed by atoms with Crippen LogP contribution in [0.4, 0.5) is 0 Å². The molecular weight excluding hydrogens is 270 g/mol. The van der Waals surface area contributed by atoms with Crippen LogP contribution in [0.25, 0.3) is 0 Å². The maximum Gasteiger partial charge on any atom is 0.119 e. The summed E-state index contributed by atoms with van der Waals surface area (Å²) in [4.78, 5) is 2.73. The topological polar surface area (TPSA) is 30.5 Å². The van der Waals surface area contributed by atoms with E-state index < -0.39 is 0 Å². The van der Waals surface area contributed by atoms with Crippen LogP contribution in [0, 0.1) is 6.92 Å². The zero-order valence-electron chi connectivity index (χ0n) is 12.0. The molecule has 0 aliphatic heterocycles. The SMILES string of the molecule is COc1cccc(COCCNCc2ccc(C)s2)c1. The first-order valence-electron chi connectivity index (χ1n) is 6.74. The first-order valence-corrected chi connectivity index (χ1v) is 7.56. The zero-order chi connectivity index (χ0) is 14.2. The number of hydrogen-bond donors (Lipinski definition) is 1. The van der Waals surface area contributed by atoms with E-state index in [0.29, 0.717) is 13.2 Å². The molecule has 0 radical (unpaired) electrons. The van der Waals surface area contributed by atoms with Crippen LogP contribution in [0.3, 0.4) is 0 Å². The molecule has 2 rings (SSSR count). The van der Waals surface area contributed by atoms with E-state index in [0.717, 1.165) is 24.4 Å². The summed E-state index contributed by atoms with van der Waals surface area (Å²) in [6, 6.07) is 12.3. The van der Waals surface area contributed by atoms with Crippen molar-refractivity contribution in [1.29, 1.82) is 0 Å². The molecule has 0 saturated carbocycles. The molecule has 3 nitrogen and oxygen atoms in total. The second kappa shape index (κ2) is 8.04. The number of methoxy groups -OCH3 is 1. The monoisotopic (exact) mass is 291 g/mol. The fourth-order valence-electron chi connectivity index (χ4n) is 1.89. The van der Waals surface area contributed by atoms with Crippen LogP contribution in [-0.2, 0) is 17.9 Å². The minimum absolute atomic E-state index is 0.622. The van der Waals surface area contributed by atoms with Gasteiger partial charge in [0, 0.05) is 22.8 Å². The van der Waals surface area contributed by atoms with Crippen LogP contribution in [-0.4, -0.2) is 20.3 Å². The highest BCUT2D eigenvalue weighted by Crippen LogP contribution is 2.14. The molecule has 0 spiro atoms. The molecule has 108 valence electrons. The average Bonchev–Trinajstić information content (AvgIpc) is 2.88. The second-order valence-corrected chi connectivity index (χ2v) is 5.97. The summed E-state index contributed by atoms with van der Waals surface area (Å²) in [6.45, 7) is 5.24. The van der Waals surface area contributed by atoms with Crippen LogP contribution in [0.5, 0.6) is 5.75 Å². The van der Waals surface area contributed by atoms with Crippen molar-refractivity contribution in [2.75, 3.05) is 20.3 Å². The summed E-state index contributed by atoms with van der Waals surface area (Å²) < 4.78 is 10.8. The van der Waals surface area contributed by atoms with Crippen LogP contribution < -0.4 is 10.1 Å². The van der Waals surface area contributed by atoms with Crippen LogP contribution >= 0.6 is 11.3 Å². The molecule has 1 N–H and O–H groups in total. The molecule has 4 heteroatoms. The number of ether oxygens (including phenoxy) is 2. The van der Waals surface area contributed by atoms with Gasteiger partial charge in [-0.1, -0.05) is 12.1 Å². The molecule has 0 saturated heterocycles. The van der Waals surface area contributed by atoms with Crippen molar-refractivity contribution in [1.82, 2.24) is 5.32 Å². The summed E-state index contributed by atoms with van der Waals surface area (Å²) >= 11 is 1.84. The van der Waals surface area contributed by atoms with Gasteiger partial charge in [-0.3, -0.25) is 0 Å². The maximum atomic E-state index is 5.65. The minimum Gasteiger partial charge on any atom is -0.497 e. The van der Waals surface area contributed by atoms with Gasteiger partial charge in [0.25, 0.3) is 0 Å². The number of benzene rings is 1. The fraction of sp³-hybridized carbons (Fsp3) is 0.375. The Morgan fingerprint density at radius 1 is 1.20 bits per heavy atom. The van der Waals surface area contributed by atoms with Gasteiger partial charge >= 0.3 is 0 Å². The standard InChI is InChI=1S/C16H21NO2S/c1-13-6-7-16(20-13)11-17-8-9-19-12-14-4-3-5-15(10-14)18-2/h3-7,10,17H,8-9,11-12H2,1-2H3. The number of thiophene rings is 1. The van der Waals surface area contributed by atoms with Crippen LogP contribution in [0.2, 0.25) is 0 Å². The van der Waals surface area contributed by atoms with Gasteiger partial charge < -0.3 is 14.8 Å². The Kier molecular flexibility index (Phi) is 6.05. The molecular formula is C16H21NO2S. The van der Waals surface area contributed by atoms with E-state index in [4.69, 9.17) is 9.47 Å². The van der Waals surface area contributed by atoms with E-state index in [9.17, 15) is 0 Å². The lowest BCUT2D eigenvalue weighted by molar-refractivity contribution is 0.122. The third-order valence-corrected chi connectivity index (χ3v) is 3.92. The number of hydrogen-bond acceptors (Lipinski definition) is 4. The lowest BCUT2D eigenvalue weighted by atomic mass is 10.2. The summed E-state index contributed by atoms with van der Waals surface area (Å²) in [5.74, 6) is 0.872. The molecule has 0 bridgehead atoms. The highest BCUT2D eigenvalue weighted by molar-refractivity contribution is 7.11. The second-order valence-electron chi connectivity index (χ2n) is 4.59. The minimum atomic E-state index is 0.622. The largest absolute Gasteiger partial charge is 0.497 e. The zero-order valence-corrected chi connectivity index (χ0v) is 12.8. The van der Waals surface area contributed by atoms with Crippen LogP contribution in [0.1, 0.15) is 15.3 Å². The van der Waals surface area contributed by atoms with Crippen LogP contribution in [0.15, 0.2) is 36.4 Å². The first-order chi connectivity index (χ1) is 9.78. The highest BCUT2D eigenvalue weighted by atomic mass is 32.1. The molecule has 20 heavy (non-hydrogen) atoms. The van der Waals surface area contributed by atoms with Crippen molar-refractivity contribution in [3.05, 3.63) is 51.7 Å². The number of rotatable bonds is 8. The molecule has 1 heterocycles. The molecule has 0 unspecified atom stereocenters. The third-order valence-electron chi connectivity index (χ3n) is 2.92. The van der Waals surface area contributed by atoms with Gasteiger partial charge in [0.2, 0.25) is 0 Å². The quantitative estimate of drug-likeness (QED) is 0.756. The van der Waals surface area contributed by atoms with E-state index in [1.807, 2.05) is 35.6 Å². The summed E-state index contributed by atoms with van der Waals surface area (Å²) in [5, 5.41) is 3.38. The molecule has 0 aliphatic carbocycles. The Hall–Kier alpha value is -1.36. The predicted molar refractivity (Wildman–Crippen MR) is 83.4 cm³/mol. The van der Waals surface area contributed by atoms with Gasteiger partial charge in [0.1, 0.15) is 5.75 Å². The summed E-state index contributed by atoms with van der Waals surface area (Å²) in [7, 11) is 1.68. The Labute approximate surface area is 124 Å². The fourth-order valence-corrected chi connectivity index (χ4v) is 2.75.